The number of halogens is 2. The number of hydrogen-bond acceptors (Lipinski definition) is 7. The molecule has 0 spiro atoms. The second-order valence-corrected chi connectivity index (χ2v) is 13.7. The maximum Gasteiger partial charge on any atom is 0.264 e. The average molecular weight is 643 g/mol. The number of carbonyl (C=O) groups excluding carboxylic acids is 1. The van der Waals surface area contributed by atoms with Crippen LogP contribution in [0.1, 0.15) is 5.56 Å². The lowest BCUT2D eigenvalue weighted by atomic mass is 10.2. The fourth-order valence-electron chi connectivity index (χ4n) is 4.01. The van der Waals surface area contributed by atoms with Gasteiger partial charge in [-0.2, -0.15) is 4.31 Å². The van der Waals surface area contributed by atoms with Gasteiger partial charge in [0.1, 0.15) is 18.9 Å². The number of rotatable bonds is 11. The number of morpholine rings is 1. The number of anilines is 1. The monoisotopic (exact) mass is 641 g/mol. The summed E-state index contributed by atoms with van der Waals surface area (Å²) in [7, 11) is -7.79. The van der Waals surface area contributed by atoms with Crippen molar-refractivity contribution in [1.82, 2.24) is 9.62 Å². The minimum Gasteiger partial charge on any atom is -0.492 e. The van der Waals surface area contributed by atoms with E-state index < -0.39 is 32.5 Å². The van der Waals surface area contributed by atoms with E-state index in [1.165, 1.54) is 52.8 Å². The maximum absolute atomic E-state index is 13.5. The van der Waals surface area contributed by atoms with Crippen molar-refractivity contribution in [3.8, 4) is 5.75 Å². The van der Waals surface area contributed by atoms with Crippen LogP contribution in [0, 0.1) is 6.92 Å². The third kappa shape index (κ3) is 7.51. The molecule has 0 bridgehead atoms. The second-order valence-electron chi connectivity index (χ2n) is 9.08. The van der Waals surface area contributed by atoms with Crippen molar-refractivity contribution in [3.63, 3.8) is 0 Å². The Hall–Kier alpha value is -2.87. The first-order valence-corrected chi connectivity index (χ1v) is 16.2. The smallest absolute Gasteiger partial charge is 0.264 e. The summed E-state index contributed by atoms with van der Waals surface area (Å²) in [5.74, 6) is -0.179. The second kappa shape index (κ2) is 13.4. The van der Waals surface area contributed by atoms with Crippen molar-refractivity contribution < 1.29 is 31.1 Å². The molecule has 1 saturated heterocycles. The van der Waals surface area contributed by atoms with Gasteiger partial charge in [0.05, 0.1) is 45.3 Å². The molecule has 0 radical (unpaired) electrons. The highest BCUT2D eigenvalue weighted by Gasteiger charge is 2.29. The number of ether oxygens (including phenoxy) is 2. The fraction of sp³-hybridized carbons (Fsp3) is 0.296. The summed E-state index contributed by atoms with van der Waals surface area (Å²) in [5.41, 5.74) is 0.945. The highest BCUT2D eigenvalue weighted by atomic mass is 35.5. The number of amides is 1. The first-order chi connectivity index (χ1) is 19.5. The topological polar surface area (TPSA) is 122 Å². The minimum absolute atomic E-state index is 0.0000629. The molecule has 0 unspecified atom stereocenters. The van der Waals surface area contributed by atoms with Crippen molar-refractivity contribution in [2.24, 2.45) is 0 Å². The van der Waals surface area contributed by atoms with Crippen LogP contribution in [-0.2, 0) is 29.6 Å². The van der Waals surface area contributed by atoms with Crippen LogP contribution in [0.4, 0.5) is 5.69 Å². The molecule has 14 heteroatoms. The maximum atomic E-state index is 13.5. The molecule has 3 aromatic rings. The van der Waals surface area contributed by atoms with Gasteiger partial charge in [-0.15, -0.1) is 0 Å². The Kier molecular flexibility index (Phi) is 10.2. The van der Waals surface area contributed by atoms with Gasteiger partial charge >= 0.3 is 0 Å². The van der Waals surface area contributed by atoms with Crippen LogP contribution < -0.4 is 14.4 Å². The van der Waals surface area contributed by atoms with Crippen LogP contribution in [0.2, 0.25) is 10.0 Å². The van der Waals surface area contributed by atoms with E-state index in [4.69, 9.17) is 32.7 Å². The molecule has 1 fully saturated rings. The van der Waals surface area contributed by atoms with Crippen molar-refractivity contribution in [1.29, 1.82) is 0 Å². The van der Waals surface area contributed by atoms with Crippen LogP contribution >= 0.6 is 23.2 Å². The molecule has 1 aliphatic rings. The Morgan fingerprint density at radius 3 is 2.24 bits per heavy atom. The summed E-state index contributed by atoms with van der Waals surface area (Å²) < 4.78 is 65.7. The molecule has 41 heavy (non-hydrogen) atoms. The molecule has 1 heterocycles. The predicted molar refractivity (Wildman–Crippen MR) is 157 cm³/mol. The van der Waals surface area contributed by atoms with Gasteiger partial charge in [-0.3, -0.25) is 9.10 Å². The molecule has 10 nitrogen and oxygen atoms in total. The molecule has 1 N–H and O–H groups in total. The van der Waals surface area contributed by atoms with Gasteiger partial charge in [0.15, 0.2) is 0 Å². The van der Waals surface area contributed by atoms with Crippen molar-refractivity contribution >= 4 is 54.8 Å². The molecule has 0 saturated carbocycles. The zero-order chi connectivity index (χ0) is 29.6. The standard InChI is InChI=1S/C27H29Cl2N3O7S2/c1-20-5-9-23(10-6-20)41(36,37)32(25-4-2-3-24(28)27(25)29)19-26(33)30-13-16-39-21-7-11-22(12-8-21)40(34,35)31-14-17-38-18-15-31/h2-12H,13-19H2,1H3,(H,30,33). The average Bonchev–Trinajstić information content (AvgIpc) is 2.96. The van der Waals surface area contributed by atoms with E-state index in [0.29, 0.717) is 32.1 Å². The van der Waals surface area contributed by atoms with Crippen LogP contribution in [0.3, 0.4) is 0 Å². The van der Waals surface area contributed by atoms with E-state index in [1.54, 1.807) is 18.2 Å². The Morgan fingerprint density at radius 2 is 1.59 bits per heavy atom. The Balaban J connectivity index is 1.38. The fourth-order valence-corrected chi connectivity index (χ4v) is 7.30. The quantitative estimate of drug-likeness (QED) is 0.317. The number of hydrogen-bond donors (Lipinski definition) is 1. The summed E-state index contributed by atoms with van der Waals surface area (Å²) in [6.45, 7) is 2.71. The van der Waals surface area contributed by atoms with E-state index >= 15 is 0 Å². The van der Waals surface area contributed by atoms with Crippen LogP contribution in [0.5, 0.6) is 5.75 Å². The van der Waals surface area contributed by atoms with Gasteiger partial charge in [0.2, 0.25) is 15.9 Å². The molecule has 0 aliphatic carbocycles. The third-order valence-electron chi connectivity index (χ3n) is 6.22. The zero-order valence-electron chi connectivity index (χ0n) is 22.1. The molecule has 0 atom stereocenters. The summed E-state index contributed by atoms with van der Waals surface area (Å²) in [6, 6.07) is 16.8. The first kappa shape index (κ1) is 31.1. The van der Waals surface area contributed by atoms with Crippen molar-refractivity contribution in [3.05, 3.63) is 82.3 Å². The number of sulfonamides is 2. The molecule has 1 amide bonds. The lowest BCUT2D eigenvalue weighted by Crippen LogP contribution is -2.42. The van der Waals surface area contributed by atoms with Gasteiger partial charge in [0, 0.05) is 13.1 Å². The number of aryl methyl sites for hydroxylation is 1. The lowest BCUT2D eigenvalue weighted by molar-refractivity contribution is -0.119. The van der Waals surface area contributed by atoms with E-state index in [0.717, 1.165) is 9.87 Å². The molecule has 220 valence electrons. The van der Waals surface area contributed by atoms with E-state index in [2.05, 4.69) is 5.32 Å². The number of benzene rings is 3. The molecular formula is C27H29Cl2N3O7S2. The normalized spacial score (nSPS) is 14.4. The first-order valence-electron chi connectivity index (χ1n) is 12.6. The van der Waals surface area contributed by atoms with Crippen LogP contribution in [-0.4, -0.2) is 73.0 Å². The van der Waals surface area contributed by atoms with Gasteiger partial charge in [-0.1, -0.05) is 47.0 Å². The molecular weight excluding hydrogens is 613 g/mol. The zero-order valence-corrected chi connectivity index (χ0v) is 25.3. The van der Waals surface area contributed by atoms with Gasteiger partial charge < -0.3 is 14.8 Å². The summed E-state index contributed by atoms with van der Waals surface area (Å²) in [4.78, 5) is 13.0. The summed E-state index contributed by atoms with van der Waals surface area (Å²) >= 11 is 12.5. The third-order valence-corrected chi connectivity index (χ3v) is 10.7. The largest absolute Gasteiger partial charge is 0.492 e. The number of carbonyl (C=O) groups is 1. The molecule has 1 aliphatic heterocycles. The number of nitrogens with one attached hydrogen (secondary N) is 1. The SMILES string of the molecule is Cc1ccc(S(=O)(=O)N(CC(=O)NCCOc2ccc(S(=O)(=O)N3CCOCC3)cc2)c2cccc(Cl)c2Cl)cc1. The molecule has 4 rings (SSSR count). The summed E-state index contributed by atoms with van der Waals surface area (Å²) in [5, 5.41) is 2.78. The Bertz CT molecular complexity index is 1580. The van der Waals surface area contributed by atoms with Crippen molar-refractivity contribution in [2.45, 2.75) is 16.7 Å². The van der Waals surface area contributed by atoms with E-state index in [9.17, 15) is 21.6 Å². The molecule has 0 aromatic heterocycles. The predicted octanol–water partition coefficient (Wildman–Crippen LogP) is 3.71. The van der Waals surface area contributed by atoms with E-state index in [-0.39, 0.29) is 38.7 Å². The van der Waals surface area contributed by atoms with Gasteiger partial charge in [-0.25, -0.2) is 16.8 Å². The Morgan fingerprint density at radius 1 is 0.951 bits per heavy atom. The number of nitrogens with zero attached hydrogens (tertiary/aromatic N) is 2. The van der Waals surface area contributed by atoms with E-state index in [1.807, 2.05) is 6.92 Å². The highest BCUT2D eigenvalue weighted by Crippen LogP contribution is 2.35. The molecule has 3 aromatic carbocycles. The summed E-state index contributed by atoms with van der Waals surface area (Å²) in [6.07, 6.45) is 0. The van der Waals surface area contributed by atoms with Crippen LogP contribution in [0.15, 0.2) is 76.5 Å². The lowest BCUT2D eigenvalue weighted by Gasteiger charge is -2.26. The Labute approximate surface area is 249 Å². The minimum atomic E-state index is -4.16. The highest BCUT2D eigenvalue weighted by molar-refractivity contribution is 7.93. The van der Waals surface area contributed by atoms with Crippen molar-refractivity contribution in [2.75, 3.05) is 50.3 Å². The van der Waals surface area contributed by atoms with Gasteiger partial charge in [0.25, 0.3) is 10.0 Å². The van der Waals surface area contributed by atoms with Gasteiger partial charge in [-0.05, 0) is 55.5 Å². The van der Waals surface area contributed by atoms with Crippen LogP contribution in [0.25, 0.3) is 0 Å².